The molecule has 1 aliphatic heterocycles. The summed E-state index contributed by atoms with van der Waals surface area (Å²) in [6, 6.07) is 8.41. The van der Waals surface area contributed by atoms with Crippen molar-refractivity contribution in [1.29, 1.82) is 0 Å². The van der Waals surface area contributed by atoms with Crippen molar-refractivity contribution in [1.82, 2.24) is 10.2 Å². The van der Waals surface area contributed by atoms with Crippen LogP contribution in [0, 0.1) is 0 Å². The number of rotatable bonds is 6. The first-order chi connectivity index (χ1) is 10.7. The molecular formula is C17H26ClN3S. The summed E-state index contributed by atoms with van der Waals surface area (Å²) in [7, 11) is 0. The molecule has 0 aromatic heterocycles. The highest BCUT2D eigenvalue weighted by molar-refractivity contribution is 7.80. The molecule has 1 aliphatic rings. The second-order valence-corrected chi connectivity index (χ2v) is 6.62. The van der Waals surface area contributed by atoms with Crippen molar-refractivity contribution in [2.75, 3.05) is 25.0 Å². The van der Waals surface area contributed by atoms with Gasteiger partial charge in [-0.25, -0.2) is 0 Å². The quantitative estimate of drug-likeness (QED) is 0.597. The maximum absolute atomic E-state index is 6.11. The monoisotopic (exact) mass is 339 g/mol. The van der Waals surface area contributed by atoms with Crippen LogP contribution in [0.25, 0.3) is 0 Å². The summed E-state index contributed by atoms with van der Waals surface area (Å²) in [4.78, 5) is 2.63. The Labute approximate surface area is 144 Å². The molecule has 2 rings (SSSR count). The predicted octanol–water partition coefficient (Wildman–Crippen LogP) is 4.28. The number of anilines is 1. The van der Waals surface area contributed by atoms with E-state index in [0.717, 1.165) is 31.2 Å². The van der Waals surface area contributed by atoms with E-state index in [2.05, 4.69) is 22.5 Å². The molecule has 1 aromatic rings. The predicted molar refractivity (Wildman–Crippen MR) is 99.8 cm³/mol. The van der Waals surface area contributed by atoms with Crippen molar-refractivity contribution in [3.05, 3.63) is 29.3 Å². The third kappa shape index (κ3) is 5.41. The number of piperidine rings is 1. The highest BCUT2D eigenvalue weighted by atomic mass is 35.5. The number of halogens is 1. The van der Waals surface area contributed by atoms with Crippen LogP contribution in [0.15, 0.2) is 24.3 Å². The van der Waals surface area contributed by atoms with E-state index in [0.29, 0.717) is 10.1 Å². The molecule has 1 aromatic carbocycles. The van der Waals surface area contributed by atoms with Gasteiger partial charge in [0.05, 0.1) is 10.7 Å². The zero-order chi connectivity index (χ0) is 15.8. The molecule has 0 saturated carbocycles. The fourth-order valence-corrected chi connectivity index (χ4v) is 3.42. The van der Waals surface area contributed by atoms with Crippen molar-refractivity contribution < 1.29 is 0 Å². The lowest BCUT2D eigenvalue weighted by Gasteiger charge is -2.35. The lowest BCUT2D eigenvalue weighted by atomic mass is 10.00. The molecule has 0 radical (unpaired) electrons. The van der Waals surface area contributed by atoms with Gasteiger partial charge in [-0.15, -0.1) is 0 Å². The Balaban J connectivity index is 1.66. The lowest BCUT2D eigenvalue weighted by molar-refractivity contribution is 0.143. The molecule has 0 bridgehead atoms. The summed E-state index contributed by atoms with van der Waals surface area (Å²) in [6.07, 6.45) is 6.46. The standard InChI is InChI=1S/C17H26ClN3S/c1-2-14-8-5-6-12-21(14)13-7-11-19-17(22)20-16-10-4-3-9-15(16)18/h3-4,9-10,14H,2,5-8,11-13H2,1H3,(H2,19,20,22)/t14-/m1/s1. The van der Waals surface area contributed by atoms with Crippen LogP contribution in [0.2, 0.25) is 5.02 Å². The van der Waals surface area contributed by atoms with Gasteiger partial charge >= 0.3 is 0 Å². The van der Waals surface area contributed by atoms with E-state index in [1.165, 1.54) is 32.2 Å². The highest BCUT2D eigenvalue weighted by Gasteiger charge is 2.19. The zero-order valence-corrected chi connectivity index (χ0v) is 14.8. The minimum Gasteiger partial charge on any atom is -0.362 e. The number of nitrogens with zero attached hydrogens (tertiary/aromatic N) is 1. The van der Waals surface area contributed by atoms with Gasteiger partial charge < -0.3 is 15.5 Å². The van der Waals surface area contributed by atoms with Crippen LogP contribution in [0.5, 0.6) is 0 Å². The minimum atomic E-state index is 0.638. The number of likely N-dealkylation sites (tertiary alicyclic amines) is 1. The molecule has 22 heavy (non-hydrogen) atoms. The first kappa shape index (κ1) is 17.5. The van der Waals surface area contributed by atoms with E-state index < -0.39 is 0 Å². The van der Waals surface area contributed by atoms with Crippen molar-refractivity contribution >= 4 is 34.6 Å². The van der Waals surface area contributed by atoms with E-state index in [1.807, 2.05) is 24.3 Å². The van der Waals surface area contributed by atoms with Crippen LogP contribution in [0.4, 0.5) is 5.69 Å². The number of thiocarbonyl (C=S) groups is 1. The number of nitrogens with one attached hydrogen (secondary N) is 2. The fraction of sp³-hybridized carbons (Fsp3) is 0.588. The van der Waals surface area contributed by atoms with Crippen LogP contribution in [-0.4, -0.2) is 35.7 Å². The molecule has 1 fully saturated rings. The molecule has 0 unspecified atom stereocenters. The topological polar surface area (TPSA) is 27.3 Å². The molecule has 122 valence electrons. The smallest absolute Gasteiger partial charge is 0.170 e. The Bertz CT molecular complexity index is 481. The third-order valence-electron chi connectivity index (χ3n) is 4.25. The molecular weight excluding hydrogens is 314 g/mol. The molecule has 0 amide bonds. The largest absolute Gasteiger partial charge is 0.362 e. The Morgan fingerprint density at radius 1 is 1.36 bits per heavy atom. The van der Waals surface area contributed by atoms with Gasteiger partial charge in [0.15, 0.2) is 5.11 Å². The molecule has 0 aliphatic carbocycles. The third-order valence-corrected chi connectivity index (χ3v) is 4.83. The summed E-state index contributed by atoms with van der Waals surface area (Å²) in [5.41, 5.74) is 0.851. The second-order valence-electron chi connectivity index (χ2n) is 5.81. The number of benzene rings is 1. The lowest BCUT2D eigenvalue weighted by Crippen LogP contribution is -2.40. The van der Waals surface area contributed by atoms with Gasteiger partial charge in [-0.3, -0.25) is 0 Å². The number of hydrogen-bond acceptors (Lipinski definition) is 2. The van der Waals surface area contributed by atoms with Crippen LogP contribution < -0.4 is 10.6 Å². The summed E-state index contributed by atoms with van der Waals surface area (Å²) in [5, 5.41) is 7.73. The molecule has 1 atom stereocenters. The Kier molecular flexibility index (Phi) is 7.43. The fourth-order valence-electron chi connectivity index (χ4n) is 3.03. The first-order valence-corrected chi connectivity index (χ1v) is 9.02. The number of para-hydroxylation sites is 1. The zero-order valence-electron chi connectivity index (χ0n) is 13.3. The van der Waals surface area contributed by atoms with Crippen LogP contribution in [-0.2, 0) is 0 Å². The van der Waals surface area contributed by atoms with E-state index in [1.54, 1.807) is 0 Å². The minimum absolute atomic E-state index is 0.638. The average Bonchev–Trinajstić information content (AvgIpc) is 2.54. The maximum Gasteiger partial charge on any atom is 0.170 e. The van der Waals surface area contributed by atoms with E-state index in [4.69, 9.17) is 23.8 Å². The molecule has 1 heterocycles. The highest BCUT2D eigenvalue weighted by Crippen LogP contribution is 2.20. The normalized spacial score (nSPS) is 18.9. The van der Waals surface area contributed by atoms with Gasteiger partial charge in [0.1, 0.15) is 0 Å². The van der Waals surface area contributed by atoms with Crippen LogP contribution >= 0.6 is 23.8 Å². The summed E-state index contributed by atoms with van der Waals surface area (Å²) < 4.78 is 0. The maximum atomic E-state index is 6.11. The van der Waals surface area contributed by atoms with Crippen molar-refractivity contribution in [2.45, 2.75) is 45.1 Å². The second kappa shape index (κ2) is 9.33. The Hall–Kier alpha value is -0.840. The van der Waals surface area contributed by atoms with Crippen molar-refractivity contribution in [3.8, 4) is 0 Å². The van der Waals surface area contributed by atoms with Crippen LogP contribution in [0.1, 0.15) is 39.0 Å². The van der Waals surface area contributed by atoms with Gasteiger partial charge in [-0.05, 0) is 56.6 Å². The summed E-state index contributed by atoms with van der Waals surface area (Å²) in [6.45, 7) is 5.59. The molecule has 5 heteroatoms. The van der Waals surface area contributed by atoms with Gasteiger partial charge in [0.25, 0.3) is 0 Å². The molecule has 0 spiro atoms. The molecule has 1 saturated heterocycles. The van der Waals surface area contributed by atoms with Gasteiger partial charge in [0.2, 0.25) is 0 Å². The Morgan fingerprint density at radius 2 is 2.18 bits per heavy atom. The molecule has 2 N–H and O–H groups in total. The summed E-state index contributed by atoms with van der Waals surface area (Å²) in [5.74, 6) is 0. The van der Waals surface area contributed by atoms with E-state index >= 15 is 0 Å². The van der Waals surface area contributed by atoms with Gasteiger partial charge in [0, 0.05) is 19.1 Å². The van der Waals surface area contributed by atoms with Crippen molar-refractivity contribution in [2.24, 2.45) is 0 Å². The first-order valence-electron chi connectivity index (χ1n) is 8.24. The number of hydrogen-bond donors (Lipinski definition) is 2. The SMILES string of the molecule is CC[C@@H]1CCCCN1CCCNC(=S)Nc1ccccc1Cl. The van der Waals surface area contributed by atoms with Gasteiger partial charge in [-0.2, -0.15) is 0 Å². The van der Waals surface area contributed by atoms with E-state index in [-0.39, 0.29) is 0 Å². The average molecular weight is 340 g/mol. The van der Waals surface area contributed by atoms with Gasteiger partial charge in [-0.1, -0.05) is 37.1 Å². The van der Waals surface area contributed by atoms with E-state index in [9.17, 15) is 0 Å². The van der Waals surface area contributed by atoms with Crippen LogP contribution in [0.3, 0.4) is 0 Å². The molecule has 3 nitrogen and oxygen atoms in total. The summed E-state index contributed by atoms with van der Waals surface area (Å²) >= 11 is 11.4. The van der Waals surface area contributed by atoms with Crippen molar-refractivity contribution in [3.63, 3.8) is 0 Å². The Morgan fingerprint density at radius 3 is 2.95 bits per heavy atom.